The molecule has 6 heteroatoms. The van der Waals surface area contributed by atoms with Crippen LogP contribution in [-0.4, -0.2) is 43.5 Å². The third kappa shape index (κ3) is 3.42. The quantitative estimate of drug-likeness (QED) is 0.866. The number of rotatable bonds is 5. The predicted molar refractivity (Wildman–Crippen MR) is 104 cm³/mol. The Labute approximate surface area is 164 Å². The Morgan fingerprint density at radius 1 is 1.04 bits per heavy atom. The molecule has 1 fully saturated rings. The summed E-state index contributed by atoms with van der Waals surface area (Å²) < 4.78 is 10.7. The number of carbonyl (C=O) groups is 2. The molecular weight excluding hydrogens is 356 g/mol. The molecule has 3 atom stereocenters. The number of nitrogens with zero attached hydrogens (tertiary/aromatic N) is 1. The van der Waals surface area contributed by atoms with Gasteiger partial charge in [-0.25, -0.2) is 0 Å². The lowest BCUT2D eigenvalue weighted by molar-refractivity contribution is -0.128. The fourth-order valence-electron chi connectivity index (χ4n) is 4.34. The van der Waals surface area contributed by atoms with Crippen molar-refractivity contribution in [2.24, 2.45) is 5.92 Å². The number of nitrogens with one attached hydrogen (secondary N) is 1. The van der Waals surface area contributed by atoms with Gasteiger partial charge in [0, 0.05) is 31.8 Å². The first-order valence-corrected chi connectivity index (χ1v) is 9.47. The van der Waals surface area contributed by atoms with Gasteiger partial charge < -0.3 is 19.7 Å². The lowest BCUT2D eigenvalue weighted by Gasteiger charge is -2.22. The smallest absolute Gasteiger partial charge is 0.258 e. The summed E-state index contributed by atoms with van der Waals surface area (Å²) in [5.74, 6) is 1.74. The minimum Gasteiger partial charge on any atom is -0.497 e. The van der Waals surface area contributed by atoms with E-state index in [0.29, 0.717) is 18.8 Å². The second-order valence-electron chi connectivity index (χ2n) is 7.33. The van der Waals surface area contributed by atoms with Crippen molar-refractivity contribution >= 4 is 11.8 Å². The largest absolute Gasteiger partial charge is 0.497 e. The molecule has 0 spiro atoms. The van der Waals surface area contributed by atoms with E-state index in [1.54, 1.807) is 38.3 Å². The predicted octanol–water partition coefficient (Wildman–Crippen LogP) is 2.51. The van der Waals surface area contributed by atoms with Crippen LogP contribution in [0.2, 0.25) is 0 Å². The summed E-state index contributed by atoms with van der Waals surface area (Å²) in [6.07, 6.45) is 0. The van der Waals surface area contributed by atoms with E-state index in [4.69, 9.17) is 9.47 Å². The number of likely N-dealkylation sites (tertiary alicyclic amines) is 1. The van der Waals surface area contributed by atoms with E-state index in [9.17, 15) is 9.59 Å². The summed E-state index contributed by atoms with van der Waals surface area (Å²) in [6.45, 7) is 2.92. The number of amides is 2. The summed E-state index contributed by atoms with van der Waals surface area (Å²) >= 11 is 0. The van der Waals surface area contributed by atoms with Gasteiger partial charge in [-0.15, -0.1) is 0 Å². The van der Waals surface area contributed by atoms with Crippen molar-refractivity contribution in [2.45, 2.75) is 18.9 Å². The summed E-state index contributed by atoms with van der Waals surface area (Å²) in [4.78, 5) is 26.3. The van der Waals surface area contributed by atoms with Gasteiger partial charge in [-0.2, -0.15) is 0 Å². The first-order valence-electron chi connectivity index (χ1n) is 9.47. The Morgan fingerprint density at radius 2 is 1.71 bits per heavy atom. The van der Waals surface area contributed by atoms with Gasteiger partial charge in [-0.3, -0.25) is 9.59 Å². The fourth-order valence-corrected chi connectivity index (χ4v) is 4.34. The zero-order chi connectivity index (χ0) is 19.7. The molecule has 2 aromatic rings. The minimum absolute atomic E-state index is 0.0567. The van der Waals surface area contributed by atoms with Crippen LogP contribution >= 0.6 is 0 Å². The van der Waals surface area contributed by atoms with E-state index in [0.717, 1.165) is 11.3 Å². The molecule has 1 saturated heterocycles. The average molecular weight is 380 g/mol. The highest BCUT2D eigenvalue weighted by Gasteiger charge is 2.47. The molecule has 1 N–H and O–H groups in total. The van der Waals surface area contributed by atoms with Gasteiger partial charge in [-0.1, -0.05) is 24.3 Å². The third-order valence-electron chi connectivity index (χ3n) is 5.71. The SMILES string of the molecule is COc1ccc(OCC(=O)N[C@@H]2c3ccccc3[C@@H]3CN(C(C)=O)C[C@H]23)cc1. The van der Waals surface area contributed by atoms with Crippen LogP contribution < -0.4 is 14.8 Å². The van der Waals surface area contributed by atoms with Crippen molar-refractivity contribution in [3.8, 4) is 11.5 Å². The van der Waals surface area contributed by atoms with Crippen LogP contribution in [0.25, 0.3) is 0 Å². The summed E-state index contributed by atoms with van der Waals surface area (Å²) in [7, 11) is 1.60. The maximum absolute atomic E-state index is 12.6. The third-order valence-corrected chi connectivity index (χ3v) is 5.71. The van der Waals surface area contributed by atoms with Crippen molar-refractivity contribution in [3.05, 3.63) is 59.7 Å². The maximum atomic E-state index is 12.6. The van der Waals surface area contributed by atoms with Gasteiger partial charge in [0.1, 0.15) is 11.5 Å². The molecule has 28 heavy (non-hydrogen) atoms. The molecule has 0 saturated carbocycles. The van der Waals surface area contributed by atoms with E-state index < -0.39 is 0 Å². The zero-order valence-electron chi connectivity index (χ0n) is 16.1. The molecule has 0 bridgehead atoms. The second-order valence-corrected chi connectivity index (χ2v) is 7.33. The Balaban J connectivity index is 1.44. The summed E-state index contributed by atoms with van der Waals surface area (Å²) in [5, 5.41) is 3.13. The number of carbonyl (C=O) groups excluding carboxylic acids is 2. The van der Waals surface area contributed by atoms with E-state index in [2.05, 4.69) is 17.4 Å². The zero-order valence-corrected chi connectivity index (χ0v) is 16.1. The van der Waals surface area contributed by atoms with Gasteiger partial charge in [0.2, 0.25) is 5.91 Å². The van der Waals surface area contributed by atoms with Gasteiger partial charge in [0.15, 0.2) is 6.61 Å². The molecule has 0 radical (unpaired) electrons. The van der Waals surface area contributed by atoms with Crippen molar-refractivity contribution < 1.29 is 19.1 Å². The molecule has 1 aliphatic heterocycles. The highest BCUT2D eigenvalue weighted by atomic mass is 16.5. The van der Waals surface area contributed by atoms with Gasteiger partial charge >= 0.3 is 0 Å². The van der Waals surface area contributed by atoms with Crippen molar-refractivity contribution in [3.63, 3.8) is 0 Å². The van der Waals surface area contributed by atoms with Gasteiger partial charge in [0.25, 0.3) is 5.91 Å². The number of ether oxygens (including phenoxy) is 2. The monoisotopic (exact) mass is 380 g/mol. The molecule has 6 nitrogen and oxygen atoms in total. The van der Waals surface area contributed by atoms with Crippen molar-refractivity contribution in [1.29, 1.82) is 0 Å². The second kappa shape index (κ2) is 7.54. The van der Waals surface area contributed by atoms with Crippen LogP contribution in [0.1, 0.15) is 30.0 Å². The molecule has 0 aromatic heterocycles. The number of hydrogen-bond acceptors (Lipinski definition) is 4. The molecule has 1 aliphatic carbocycles. The van der Waals surface area contributed by atoms with Crippen LogP contribution in [0.5, 0.6) is 11.5 Å². The summed E-state index contributed by atoms with van der Waals surface area (Å²) in [5.41, 5.74) is 2.39. The maximum Gasteiger partial charge on any atom is 0.258 e. The summed E-state index contributed by atoms with van der Waals surface area (Å²) in [6, 6.07) is 15.2. The van der Waals surface area contributed by atoms with E-state index in [1.165, 1.54) is 5.56 Å². The molecule has 2 aromatic carbocycles. The van der Waals surface area contributed by atoms with Gasteiger partial charge in [-0.05, 0) is 35.4 Å². The molecule has 4 rings (SSSR count). The van der Waals surface area contributed by atoms with Gasteiger partial charge in [0.05, 0.1) is 13.2 Å². The molecule has 2 amide bonds. The molecular formula is C22H24N2O4. The van der Waals surface area contributed by atoms with Crippen molar-refractivity contribution in [2.75, 3.05) is 26.8 Å². The lowest BCUT2D eigenvalue weighted by atomic mass is 9.94. The molecule has 146 valence electrons. The fraction of sp³-hybridized carbons (Fsp3) is 0.364. The van der Waals surface area contributed by atoms with Crippen LogP contribution in [0.15, 0.2) is 48.5 Å². The number of hydrogen-bond donors (Lipinski definition) is 1. The van der Waals surface area contributed by atoms with E-state index in [1.807, 2.05) is 17.0 Å². The van der Waals surface area contributed by atoms with Crippen LogP contribution in [0.3, 0.4) is 0 Å². The van der Waals surface area contributed by atoms with Crippen molar-refractivity contribution in [1.82, 2.24) is 10.2 Å². The normalized spacial score (nSPS) is 22.4. The van der Waals surface area contributed by atoms with E-state index in [-0.39, 0.29) is 36.3 Å². The van der Waals surface area contributed by atoms with Crippen LogP contribution in [-0.2, 0) is 9.59 Å². The Morgan fingerprint density at radius 3 is 2.39 bits per heavy atom. The van der Waals surface area contributed by atoms with Crippen LogP contribution in [0, 0.1) is 5.92 Å². The standard InChI is InChI=1S/C22H24N2O4/c1-14(25)24-11-19-17-5-3-4-6-18(17)22(20(19)12-24)23-21(26)13-28-16-9-7-15(27-2)8-10-16/h3-10,19-20,22H,11-13H2,1-2H3,(H,23,26)/t19-,20-,22+/m0/s1. The molecule has 1 heterocycles. The van der Waals surface area contributed by atoms with Crippen LogP contribution in [0.4, 0.5) is 0 Å². The minimum atomic E-state index is -0.169. The first-order chi connectivity index (χ1) is 13.6. The van der Waals surface area contributed by atoms with E-state index >= 15 is 0 Å². The number of methoxy groups -OCH3 is 1. The topological polar surface area (TPSA) is 67.9 Å². The number of fused-ring (bicyclic) bond motifs is 3. The Hall–Kier alpha value is -3.02. The Bertz CT molecular complexity index is 880. The average Bonchev–Trinajstić information content (AvgIpc) is 3.26. The first kappa shape index (κ1) is 18.3. The Kier molecular flexibility index (Phi) is 4.94. The lowest BCUT2D eigenvalue weighted by Crippen LogP contribution is -2.37. The highest BCUT2D eigenvalue weighted by Crippen LogP contribution is 2.49. The highest BCUT2D eigenvalue weighted by molar-refractivity contribution is 5.78. The number of benzene rings is 2. The molecule has 0 unspecified atom stereocenters. The molecule has 2 aliphatic rings.